The highest BCUT2D eigenvalue weighted by molar-refractivity contribution is 5.28. The minimum Gasteiger partial charge on any atom is -0.333 e. The minimum absolute atomic E-state index is 0.249. The third-order valence-electron chi connectivity index (χ3n) is 2.97. The van der Waals surface area contributed by atoms with E-state index in [0.29, 0.717) is 0 Å². The molecule has 5 heteroatoms. The molecule has 2 aromatic heterocycles. The summed E-state index contributed by atoms with van der Waals surface area (Å²) in [6.45, 7) is 6.91. The van der Waals surface area contributed by atoms with Crippen LogP contribution in [0, 0.1) is 13.8 Å². The van der Waals surface area contributed by atoms with Crippen molar-refractivity contribution >= 4 is 0 Å². The largest absolute Gasteiger partial charge is 0.333 e. The molecule has 5 nitrogen and oxygen atoms in total. The first kappa shape index (κ1) is 12.7. The number of rotatable bonds is 4. The van der Waals surface area contributed by atoms with Crippen LogP contribution in [0.4, 0.5) is 0 Å². The van der Waals surface area contributed by atoms with Gasteiger partial charge in [0.05, 0.1) is 17.4 Å². The smallest absolute Gasteiger partial charge is 0.130 e. The van der Waals surface area contributed by atoms with Crippen LogP contribution in [0.5, 0.6) is 0 Å². The zero-order valence-corrected chi connectivity index (χ0v) is 11.1. The van der Waals surface area contributed by atoms with Crippen molar-refractivity contribution in [1.29, 1.82) is 0 Å². The summed E-state index contributed by atoms with van der Waals surface area (Å²) in [4.78, 5) is 4.37. The van der Waals surface area contributed by atoms with Crippen molar-refractivity contribution < 1.29 is 0 Å². The molecular weight excluding hydrogens is 226 g/mol. The molecule has 2 aromatic rings. The normalized spacial score (nSPS) is 12.7. The highest BCUT2D eigenvalue weighted by atomic mass is 15.1. The maximum Gasteiger partial charge on any atom is 0.130 e. The monoisotopic (exact) mass is 245 g/mol. The van der Waals surface area contributed by atoms with E-state index in [1.807, 2.05) is 26.1 Å². The van der Waals surface area contributed by atoms with E-state index >= 15 is 0 Å². The van der Waals surface area contributed by atoms with E-state index in [0.717, 1.165) is 35.7 Å². The first-order chi connectivity index (χ1) is 8.63. The maximum atomic E-state index is 6.31. The third kappa shape index (κ3) is 2.41. The number of nitrogens with zero attached hydrogens (tertiary/aromatic N) is 4. The lowest BCUT2D eigenvalue weighted by molar-refractivity contribution is 0.609. The van der Waals surface area contributed by atoms with E-state index in [9.17, 15) is 0 Å². The predicted octanol–water partition coefficient (Wildman–Crippen LogP) is 1.75. The standard InChI is InChI=1S/C13H19N5/c1-4-6-18-7-5-15-13(18)12(14)11-8-9(2)16-17-10(11)3/h5,7-8,12H,4,6,14H2,1-3H3. The molecule has 1 unspecified atom stereocenters. The van der Waals surface area contributed by atoms with Crippen molar-refractivity contribution in [2.24, 2.45) is 5.73 Å². The molecule has 0 aliphatic heterocycles. The molecule has 0 aromatic carbocycles. The van der Waals surface area contributed by atoms with Crippen molar-refractivity contribution in [3.63, 3.8) is 0 Å². The molecule has 0 fully saturated rings. The fourth-order valence-electron chi connectivity index (χ4n) is 2.05. The number of hydrogen-bond acceptors (Lipinski definition) is 4. The predicted molar refractivity (Wildman–Crippen MR) is 70.1 cm³/mol. The van der Waals surface area contributed by atoms with Crippen molar-refractivity contribution in [3.8, 4) is 0 Å². The van der Waals surface area contributed by atoms with Crippen LogP contribution in [-0.2, 0) is 6.54 Å². The first-order valence-electron chi connectivity index (χ1n) is 6.21. The Labute approximate surface area is 107 Å². The molecule has 0 aliphatic carbocycles. The number of aryl methyl sites for hydroxylation is 3. The van der Waals surface area contributed by atoms with Crippen LogP contribution in [0.2, 0.25) is 0 Å². The molecule has 1 atom stereocenters. The Morgan fingerprint density at radius 2 is 2.11 bits per heavy atom. The topological polar surface area (TPSA) is 69.6 Å². The van der Waals surface area contributed by atoms with Gasteiger partial charge < -0.3 is 10.3 Å². The summed E-state index contributed by atoms with van der Waals surface area (Å²) in [7, 11) is 0. The Kier molecular flexibility index (Phi) is 3.72. The molecule has 18 heavy (non-hydrogen) atoms. The van der Waals surface area contributed by atoms with Crippen LogP contribution < -0.4 is 5.73 Å². The Balaban J connectivity index is 2.38. The Morgan fingerprint density at radius 3 is 2.83 bits per heavy atom. The van der Waals surface area contributed by atoms with E-state index in [1.54, 1.807) is 6.20 Å². The van der Waals surface area contributed by atoms with Crippen molar-refractivity contribution in [3.05, 3.63) is 41.2 Å². The Morgan fingerprint density at radius 1 is 1.33 bits per heavy atom. The molecule has 2 heterocycles. The second kappa shape index (κ2) is 5.27. The van der Waals surface area contributed by atoms with Crippen molar-refractivity contribution in [2.45, 2.75) is 39.8 Å². The molecule has 0 bridgehead atoms. The van der Waals surface area contributed by atoms with Gasteiger partial charge in [-0.2, -0.15) is 10.2 Å². The van der Waals surface area contributed by atoms with E-state index in [-0.39, 0.29) is 6.04 Å². The lowest BCUT2D eigenvalue weighted by Crippen LogP contribution is -2.19. The molecular formula is C13H19N5. The van der Waals surface area contributed by atoms with Gasteiger partial charge in [-0.3, -0.25) is 0 Å². The summed E-state index contributed by atoms with van der Waals surface area (Å²) >= 11 is 0. The van der Waals surface area contributed by atoms with Gasteiger partial charge in [0.2, 0.25) is 0 Å². The van der Waals surface area contributed by atoms with Gasteiger partial charge in [0, 0.05) is 24.5 Å². The molecule has 96 valence electrons. The highest BCUT2D eigenvalue weighted by Crippen LogP contribution is 2.20. The van der Waals surface area contributed by atoms with E-state index in [4.69, 9.17) is 5.73 Å². The van der Waals surface area contributed by atoms with Gasteiger partial charge >= 0.3 is 0 Å². The highest BCUT2D eigenvalue weighted by Gasteiger charge is 2.17. The molecule has 0 saturated carbocycles. The van der Waals surface area contributed by atoms with Crippen LogP contribution in [-0.4, -0.2) is 19.7 Å². The number of imidazole rings is 1. The van der Waals surface area contributed by atoms with Crippen LogP contribution >= 0.6 is 0 Å². The average molecular weight is 245 g/mol. The molecule has 0 spiro atoms. The van der Waals surface area contributed by atoms with Crippen LogP contribution in [0.1, 0.15) is 42.2 Å². The second-order valence-corrected chi connectivity index (χ2v) is 4.48. The quantitative estimate of drug-likeness (QED) is 0.891. The number of hydrogen-bond donors (Lipinski definition) is 1. The lowest BCUT2D eigenvalue weighted by Gasteiger charge is -2.15. The van der Waals surface area contributed by atoms with Crippen molar-refractivity contribution in [1.82, 2.24) is 19.7 Å². The molecule has 0 amide bonds. The van der Waals surface area contributed by atoms with Gasteiger partial charge in [0.1, 0.15) is 5.82 Å². The summed E-state index contributed by atoms with van der Waals surface area (Å²) in [5, 5.41) is 8.15. The van der Waals surface area contributed by atoms with Crippen LogP contribution in [0.3, 0.4) is 0 Å². The number of aromatic nitrogens is 4. The fraction of sp³-hybridized carbons (Fsp3) is 0.462. The Bertz CT molecular complexity index is 532. The SMILES string of the molecule is CCCn1ccnc1C(N)c1cc(C)nnc1C. The van der Waals surface area contributed by atoms with Gasteiger partial charge in [0.15, 0.2) is 0 Å². The van der Waals surface area contributed by atoms with Gasteiger partial charge in [-0.15, -0.1) is 0 Å². The van der Waals surface area contributed by atoms with Gasteiger partial charge in [-0.25, -0.2) is 4.98 Å². The third-order valence-corrected chi connectivity index (χ3v) is 2.97. The summed E-state index contributed by atoms with van der Waals surface area (Å²) < 4.78 is 2.10. The zero-order valence-electron chi connectivity index (χ0n) is 11.1. The molecule has 2 rings (SSSR count). The molecule has 0 radical (unpaired) electrons. The number of nitrogens with two attached hydrogens (primary N) is 1. The second-order valence-electron chi connectivity index (χ2n) is 4.48. The van der Waals surface area contributed by atoms with Gasteiger partial charge in [-0.05, 0) is 26.3 Å². The maximum absolute atomic E-state index is 6.31. The summed E-state index contributed by atoms with van der Waals surface area (Å²) in [6, 6.07) is 1.73. The minimum atomic E-state index is -0.249. The van der Waals surface area contributed by atoms with Crippen LogP contribution in [0.25, 0.3) is 0 Å². The zero-order chi connectivity index (χ0) is 13.1. The summed E-state index contributed by atoms with van der Waals surface area (Å²) in [5.41, 5.74) is 9.04. The van der Waals surface area contributed by atoms with Crippen LogP contribution in [0.15, 0.2) is 18.5 Å². The van der Waals surface area contributed by atoms with Gasteiger partial charge in [-0.1, -0.05) is 6.92 Å². The summed E-state index contributed by atoms with van der Waals surface area (Å²) in [5.74, 6) is 0.882. The molecule has 2 N–H and O–H groups in total. The van der Waals surface area contributed by atoms with Gasteiger partial charge in [0.25, 0.3) is 0 Å². The van der Waals surface area contributed by atoms with E-state index in [1.165, 1.54) is 0 Å². The Hall–Kier alpha value is -1.75. The van der Waals surface area contributed by atoms with Crippen molar-refractivity contribution in [2.75, 3.05) is 0 Å². The fourth-order valence-corrected chi connectivity index (χ4v) is 2.05. The lowest BCUT2D eigenvalue weighted by atomic mass is 10.1. The first-order valence-corrected chi connectivity index (χ1v) is 6.21. The average Bonchev–Trinajstić information content (AvgIpc) is 2.80. The van der Waals surface area contributed by atoms with E-state index < -0.39 is 0 Å². The molecule has 0 aliphatic rings. The molecule has 0 saturated heterocycles. The van der Waals surface area contributed by atoms with E-state index in [2.05, 4.69) is 26.7 Å². The summed E-state index contributed by atoms with van der Waals surface area (Å²) in [6.07, 6.45) is 4.82.